The Labute approximate surface area is 182 Å². The van der Waals surface area contributed by atoms with Gasteiger partial charge < -0.3 is 20.3 Å². The Morgan fingerprint density at radius 1 is 1.26 bits per heavy atom. The maximum absolute atomic E-state index is 14.2. The van der Waals surface area contributed by atoms with Crippen LogP contribution in [0.4, 0.5) is 10.1 Å². The SMILES string of the molecule is Cc1ccc(F)c2c1NC(C(=O)N[C@@H]1CCC[C@@H](N3CCN4C(=O)COCC4C3)C1)C2. The van der Waals surface area contributed by atoms with Crippen LogP contribution in [-0.4, -0.2) is 78.6 Å². The fraction of sp³-hybridized carbons (Fsp3) is 0.652. The number of ether oxygens (including phenoxy) is 1. The highest BCUT2D eigenvalue weighted by atomic mass is 19.1. The summed E-state index contributed by atoms with van der Waals surface area (Å²) in [7, 11) is 0. The van der Waals surface area contributed by atoms with Crippen LogP contribution in [-0.2, 0) is 20.7 Å². The molecule has 4 atom stereocenters. The Morgan fingerprint density at radius 3 is 2.97 bits per heavy atom. The van der Waals surface area contributed by atoms with Crippen molar-refractivity contribution in [2.24, 2.45) is 0 Å². The highest BCUT2D eigenvalue weighted by Gasteiger charge is 2.38. The second kappa shape index (κ2) is 8.39. The van der Waals surface area contributed by atoms with Crippen molar-refractivity contribution in [1.29, 1.82) is 0 Å². The number of hydrogen-bond donors (Lipinski definition) is 2. The molecule has 31 heavy (non-hydrogen) atoms. The number of hydrogen-bond acceptors (Lipinski definition) is 5. The average Bonchev–Trinajstić information content (AvgIpc) is 3.24. The quantitative estimate of drug-likeness (QED) is 0.759. The third-order valence-electron chi connectivity index (χ3n) is 7.39. The van der Waals surface area contributed by atoms with Gasteiger partial charge in [0.05, 0.1) is 12.6 Å². The minimum atomic E-state index is -0.417. The van der Waals surface area contributed by atoms with Gasteiger partial charge in [0.25, 0.3) is 0 Å². The summed E-state index contributed by atoms with van der Waals surface area (Å²) in [4.78, 5) is 29.4. The van der Waals surface area contributed by atoms with Gasteiger partial charge in [-0.25, -0.2) is 4.39 Å². The number of morpholine rings is 1. The zero-order valence-electron chi connectivity index (χ0n) is 18.0. The van der Waals surface area contributed by atoms with Crippen LogP contribution in [0.25, 0.3) is 0 Å². The standard InChI is InChI=1S/C23H31FN4O3/c1-14-5-6-19(24)18-10-20(26-22(14)18)23(30)25-15-3-2-4-16(9-15)27-7-8-28-17(11-27)12-31-13-21(28)29/h5-6,15-17,20,26H,2-4,7-13H2,1H3,(H,25,30)/t15-,16-,17?,20?/m1/s1. The molecule has 0 bridgehead atoms. The first-order valence-electron chi connectivity index (χ1n) is 11.5. The van der Waals surface area contributed by atoms with Crippen LogP contribution in [0.5, 0.6) is 0 Å². The molecule has 3 aliphatic heterocycles. The van der Waals surface area contributed by atoms with Crippen molar-refractivity contribution in [3.8, 4) is 0 Å². The molecule has 1 saturated carbocycles. The molecule has 3 fully saturated rings. The molecule has 0 spiro atoms. The molecule has 4 aliphatic rings. The second-order valence-electron chi connectivity index (χ2n) is 9.40. The van der Waals surface area contributed by atoms with Crippen molar-refractivity contribution in [3.63, 3.8) is 0 Å². The summed E-state index contributed by atoms with van der Waals surface area (Å²) < 4.78 is 19.6. The van der Waals surface area contributed by atoms with E-state index >= 15 is 0 Å². The first-order valence-corrected chi connectivity index (χ1v) is 11.5. The lowest BCUT2D eigenvalue weighted by molar-refractivity contribution is -0.153. The molecule has 3 heterocycles. The topological polar surface area (TPSA) is 73.9 Å². The van der Waals surface area contributed by atoms with Crippen molar-refractivity contribution >= 4 is 17.5 Å². The maximum atomic E-state index is 14.2. The number of piperazine rings is 1. The zero-order valence-corrected chi connectivity index (χ0v) is 18.0. The predicted octanol–water partition coefficient (Wildman–Crippen LogP) is 1.44. The maximum Gasteiger partial charge on any atom is 0.248 e. The average molecular weight is 431 g/mol. The fourth-order valence-electron chi connectivity index (χ4n) is 5.70. The number of anilines is 1. The summed E-state index contributed by atoms with van der Waals surface area (Å²) in [6, 6.07) is 3.49. The van der Waals surface area contributed by atoms with Gasteiger partial charge in [0.2, 0.25) is 11.8 Å². The Balaban J connectivity index is 1.17. The number of carbonyl (C=O) groups excluding carboxylic acids is 2. The molecular formula is C23H31FN4O3. The predicted molar refractivity (Wildman–Crippen MR) is 114 cm³/mol. The first-order chi connectivity index (χ1) is 15.0. The van der Waals surface area contributed by atoms with E-state index in [0.717, 1.165) is 56.6 Å². The number of aryl methyl sites for hydroxylation is 1. The van der Waals surface area contributed by atoms with Crippen molar-refractivity contribution in [3.05, 3.63) is 29.1 Å². The van der Waals surface area contributed by atoms with Gasteiger partial charge in [-0.2, -0.15) is 0 Å². The van der Waals surface area contributed by atoms with E-state index < -0.39 is 6.04 Å². The molecule has 2 N–H and O–H groups in total. The third kappa shape index (κ3) is 4.03. The van der Waals surface area contributed by atoms with Crippen LogP contribution >= 0.6 is 0 Å². The lowest BCUT2D eigenvalue weighted by Gasteiger charge is -2.47. The van der Waals surface area contributed by atoms with Gasteiger partial charge in [0, 0.05) is 49.4 Å². The molecule has 1 aromatic carbocycles. The Bertz CT molecular complexity index is 848. The van der Waals surface area contributed by atoms with Crippen LogP contribution < -0.4 is 10.6 Å². The Morgan fingerprint density at radius 2 is 2.13 bits per heavy atom. The van der Waals surface area contributed by atoms with Crippen molar-refractivity contribution in [2.45, 2.75) is 63.2 Å². The van der Waals surface area contributed by atoms with E-state index in [1.54, 1.807) is 6.07 Å². The molecule has 5 rings (SSSR count). The Hall–Kier alpha value is -2.19. The molecule has 168 valence electrons. The number of nitrogens with zero attached hydrogens (tertiary/aromatic N) is 2. The highest BCUT2D eigenvalue weighted by molar-refractivity contribution is 5.88. The van der Waals surface area contributed by atoms with Gasteiger partial charge in [-0.1, -0.05) is 6.07 Å². The third-order valence-corrected chi connectivity index (χ3v) is 7.39. The van der Waals surface area contributed by atoms with Crippen LogP contribution in [0, 0.1) is 12.7 Å². The van der Waals surface area contributed by atoms with E-state index in [1.165, 1.54) is 6.07 Å². The molecule has 2 unspecified atom stereocenters. The summed E-state index contributed by atoms with van der Waals surface area (Å²) in [5, 5.41) is 6.46. The van der Waals surface area contributed by atoms with E-state index in [1.807, 2.05) is 11.8 Å². The van der Waals surface area contributed by atoms with Gasteiger partial charge in [-0.3, -0.25) is 14.5 Å². The monoisotopic (exact) mass is 430 g/mol. The number of halogens is 1. The highest BCUT2D eigenvalue weighted by Crippen LogP contribution is 2.32. The van der Waals surface area contributed by atoms with E-state index in [9.17, 15) is 14.0 Å². The van der Waals surface area contributed by atoms with Crippen LogP contribution in [0.1, 0.15) is 36.8 Å². The van der Waals surface area contributed by atoms with E-state index in [-0.39, 0.29) is 36.3 Å². The van der Waals surface area contributed by atoms with Crippen LogP contribution in [0.15, 0.2) is 12.1 Å². The van der Waals surface area contributed by atoms with E-state index in [4.69, 9.17) is 4.74 Å². The molecule has 2 saturated heterocycles. The van der Waals surface area contributed by atoms with Crippen molar-refractivity contribution in [1.82, 2.24) is 15.1 Å². The molecule has 0 radical (unpaired) electrons. The summed E-state index contributed by atoms with van der Waals surface area (Å²) in [6.07, 6.45) is 4.47. The molecule has 8 heteroatoms. The Kier molecular flexibility index (Phi) is 5.60. The van der Waals surface area contributed by atoms with Gasteiger partial charge in [0.1, 0.15) is 18.5 Å². The van der Waals surface area contributed by atoms with Gasteiger partial charge >= 0.3 is 0 Å². The summed E-state index contributed by atoms with van der Waals surface area (Å²) in [6.45, 7) is 5.23. The summed E-state index contributed by atoms with van der Waals surface area (Å²) in [5.74, 6) is -0.191. The van der Waals surface area contributed by atoms with E-state index in [2.05, 4.69) is 15.5 Å². The fourth-order valence-corrected chi connectivity index (χ4v) is 5.70. The van der Waals surface area contributed by atoms with Gasteiger partial charge in [-0.05, 0) is 44.2 Å². The number of carbonyl (C=O) groups is 2. The molecule has 1 aromatic rings. The number of amides is 2. The summed E-state index contributed by atoms with van der Waals surface area (Å²) >= 11 is 0. The van der Waals surface area contributed by atoms with Gasteiger partial charge in [0.15, 0.2) is 0 Å². The lowest BCUT2D eigenvalue weighted by atomic mass is 9.88. The van der Waals surface area contributed by atoms with Crippen LogP contribution in [0.2, 0.25) is 0 Å². The minimum Gasteiger partial charge on any atom is -0.373 e. The van der Waals surface area contributed by atoms with Crippen molar-refractivity contribution in [2.75, 3.05) is 38.2 Å². The largest absolute Gasteiger partial charge is 0.373 e. The molecule has 1 aliphatic carbocycles. The minimum absolute atomic E-state index is 0.0447. The first kappa shape index (κ1) is 20.7. The van der Waals surface area contributed by atoms with Crippen molar-refractivity contribution < 1.29 is 18.7 Å². The summed E-state index contributed by atoms with van der Waals surface area (Å²) in [5.41, 5.74) is 2.35. The van der Waals surface area contributed by atoms with Gasteiger partial charge in [-0.15, -0.1) is 0 Å². The second-order valence-corrected chi connectivity index (χ2v) is 9.40. The normalized spacial score (nSPS) is 31.0. The zero-order chi connectivity index (χ0) is 21.5. The number of nitrogens with one attached hydrogen (secondary N) is 2. The number of benzene rings is 1. The lowest BCUT2D eigenvalue weighted by Crippen LogP contribution is -2.62. The molecule has 7 nitrogen and oxygen atoms in total. The van der Waals surface area contributed by atoms with E-state index in [0.29, 0.717) is 24.6 Å². The molecule has 0 aromatic heterocycles. The number of fused-ring (bicyclic) bond motifs is 2. The molecule has 2 amide bonds. The smallest absolute Gasteiger partial charge is 0.248 e. The molecular weight excluding hydrogens is 399 g/mol. The number of rotatable bonds is 3. The van der Waals surface area contributed by atoms with Crippen LogP contribution in [0.3, 0.4) is 0 Å².